The Morgan fingerprint density at radius 2 is 1.66 bits per heavy atom. The summed E-state index contributed by atoms with van der Waals surface area (Å²) in [6.07, 6.45) is 5.15. The van der Waals surface area contributed by atoms with E-state index in [0.717, 1.165) is 50.8 Å². The number of hydrogen-bond donors (Lipinski definition) is 2. The fourth-order valence-corrected chi connectivity index (χ4v) is 6.01. The van der Waals surface area contributed by atoms with Crippen LogP contribution in [0, 0.1) is 5.92 Å². The second kappa shape index (κ2) is 15.2. The minimum Gasteiger partial charge on any atom is -0.494 e. The van der Waals surface area contributed by atoms with Crippen LogP contribution in [0.5, 0.6) is 5.75 Å². The Hall–Kier alpha value is -3.11. The predicted octanol–water partition coefficient (Wildman–Crippen LogP) is 5.04. The van der Waals surface area contributed by atoms with Gasteiger partial charge in [-0.2, -0.15) is 0 Å². The van der Waals surface area contributed by atoms with Crippen LogP contribution >= 0.6 is 0 Å². The number of unbranched alkanes of at least 4 members (excludes halogenated alkanes) is 1. The highest BCUT2D eigenvalue weighted by Gasteiger charge is 2.27. The number of nitrogens with zero attached hydrogens (tertiary/aromatic N) is 1. The number of nitrogens with one attached hydrogen (secondary N) is 1. The normalized spacial score (nSPS) is 15.3. The average Bonchev–Trinajstić information content (AvgIpc) is 2.92. The van der Waals surface area contributed by atoms with E-state index in [2.05, 4.69) is 4.72 Å². The maximum Gasteiger partial charge on any atom is 0.410 e. The second-order valence-corrected chi connectivity index (χ2v) is 13.5. The van der Waals surface area contributed by atoms with E-state index < -0.39 is 27.6 Å². The predicted molar refractivity (Wildman–Crippen MR) is 159 cm³/mol. The number of likely N-dealkylation sites (tertiary alicyclic amines) is 1. The van der Waals surface area contributed by atoms with Gasteiger partial charge >= 0.3 is 12.1 Å². The number of rotatable bonds is 14. The van der Waals surface area contributed by atoms with Crippen molar-refractivity contribution in [2.24, 2.45) is 5.92 Å². The minimum absolute atomic E-state index is 0.0346. The van der Waals surface area contributed by atoms with E-state index in [1.54, 1.807) is 29.2 Å². The van der Waals surface area contributed by atoms with Crippen LogP contribution in [0.1, 0.15) is 64.0 Å². The van der Waals surface area contributed by atoms with E-state index in [4.69, 9.17) is 9.47 Å². The Morgan fingerprint density at radius 3 is 2.27 bits per heavy atom. The van der Waals surface area contributed by atoms with E-state index >= 15 is 0 Å². The van der Waals surface area contributed by atoms with E-state index in [-0.39, 0.29) is 18.3 Å². The van der Waals surface area contributed by atoms with Crippen molar-refractivity contribution < 1.29 is 32.6 Å². The highest BCUT2D eigenvalue weighted by molar-refractivity contribution is 7.89. The van der Waals surface area contributed by atoms with Crippen LogP contribution in [0.15, 0.2) is 54.6 Å². The van der Waals surface area contributed by atoms with Crippen molar-refractivity contribution in [1.82, 2.24) is 9.62 Å². The third-order valence-electron chi connectivity index (χ3n) is 7.03. The number of sulfonamides is 1. The van der Waals surface area contributed by atoms with Gasteiger partial charge in [-0.05, 0) is 88.5 Å². The molecule has 1 saturated heterocycles. The summed E-state index contributed by atoms with van der Waals surface area (Å²) < 4.78 is 38.7. The zero-order valence-corrected chi connectivity index (χ0v) is 25.2. The number of aliphatic carboxylic acids is 1. The topological polar surface area (TPSA) is 122 Å². The second-order valence-electron chi connectivity index (χ2n) is 11.7. The molecule has 2 aromatic rings. The number of aryl methyl sites for hydroxylation is 1. The van der Waals surface area contributed by atoms with E-state index in [1.807, 2.05) is 51.1 Å². The van der Waals surface area contributed by atoms with E-state index in [0.29, 0.717) is 30.3 Å². The first-order valence-corrected chi connectivity index (χ1v) is 16.0. The molecule has 0 radical (unpaired) electrons. The summed E-state index contributed by atoms with van der Waals surface area (Å²) in [5.74, 6) is -0.108. The molecule has 41 heavy (non-hydrogen) atoms. The molecule has 3 rings (SSSR count). The van der Waals surface area contributed by atoms with Crippen molar-refractivity contribution in [3.05, 3.63) is 65.7 Å². The maximum absolute atomic E-state index is 12.5. The summed E-state index contributed by atoms with van der Waals surface area (Å²) in [7, 11) is -3.77. The van der Waals surface area contributed by atoms with Crippen LogP contribution in [0.3, 0.4) is 0 Å². The number of amides is 1. The molecule has 1 aliphatic heterocycles. The molecule has 0 saturated carbocycles. The molecule has 9 nitrogen and oxygen atoms in total. The van der Waals surface area contributed by atoms with Crippen LogP contribution in [-0.4, -0.2) is 67.6 Å². The number of carboxylic acids is 1. The number of ether oxygens (including phenoxy) is 2. The van der Waals surface area contributed by atoms with Gasteiger partial charge in [-0.1, -0.05) is 48.9 Å². The molecule has 10 heteroatoms. The van der Waals surface area contributed by atoms with Gasteiger partial charge in [-0.25, -0.2) is 17.9 Å². The number of benzene rings is 2. The first kappa shape index (κ1) is 32.4. The third kappa shape index (κ3) is 12.1. The molecule has 0 spiro atoms. The molecule has 226 valence electrons. The zero-order chi connectivity index (χ0) is 29.9. The third-order valence-corrected chi connectivity index (χ3v) is 8.41. The molecule has 1 heterocycles. The molecule has 0 unspecified atom stereocenters. The maximum atomic E-state index is 12.5. The van der Waals surface area contributed by atoms with Crippen molar-refractivity contribution in [2.45, 2.75) is 77.4 Å². The summed E-state index contributed by atoms with van der Waals surface area (Å²) >= 11 is 0. The van der Waals surface area contributed by atoms with Crippen molar-refractivity contribution >= 4 is 22.1 Å². The largest absolute Gasteiger partial charge is 0.494 e. The monoisotopic (exact) mass is 588 g/mol. The summed E-state index contributed by atoms with van der Waals surface area (Å²) in [5.41, 5.74) is 1.10. The van der Waals surface area contributed by atoms with Gasteiger partial charge in [0.15, 0.2) is 0 Å². The molecule has 0 bridgehead atoms. The van der Waals surface area contributed by atoms with Crippen LogP contribution in [0.4, 0.5) is 4.79 Å². The lowest BCUT2D eigenvalue weighted by molar-refractivity contribution is -0.138. The highest BCUT2D eigenvalue weighted by Crippen LogP contribution is 2.24. The van der Waals surface area contributed by atoms with Gasteiger partial charge in [0.25, 0.3) is 0 Å². The lowest BCUT2D eigenvalue weighted by Crippen LogP contribution is -2.43. The lowest BCUT2D eigenvalue weighted by Gasteiger charge is -2.33. The van der Waals surface area contributed by atoms with E-state index in [9.17, 15) is 23.1 Å². The number of carbonyl (C=O) groups is 2. The summed E-state index contributed by atoms with van der Waals surface area (Å²) in [6, 6.07) is 15.1. The van der Waals surface area contributed by atoms with Gasteiger partial charge in [0, 0.05) is 13.1 Å². The number of hydrogen-bond acceptors (Lipinski definition) is 6. The first-order valence-electron chi connectivity index (χ1n) is 14.4. The molecule has 1 aliphatic rings. The van der Waals surface area contributed by atoms with Crippen LogP contribution in [0.2, 0.25) is 0 Å². The molecular formula is C31H44N2O7S. The minimum atomic E-state index is -3.77. The Labute approximate surface area is 244 Å². The number of carboxylic acid groups (broad SMARTS) is 1. The van der Waals surface area contributed by atoms with Crippen LogP contribution in [0.25, 0.3) is 0 Å². The van der Waals surface area contributed by atoms with Crippen molar-refractivity contribution in [3.8, 4) is 5.75 Å². The van der Waals surface area contributed by atoms with Crippen molar-refractivity contribution in [1.29, 1.82) is 0 Å². The number of piperidine rings is 1. The van der Waals surface area contributed by atoms with Gasteiger partial charge in [-0.15, -0.1) is 0 Å². The zero-order valence-electron chi connectivity index (χ0n) is 24.4. The summed E-state index contributed by atoms with van der Waals surface area (Å²) in [5, 5.41) is 9.60. The van der Waals surface area contributed by atoms with Crippen molar-refractivity contribution in [3.63, 3.8) is 0 Å². The average molecular weight is 589 g/mol. The molecule has 1 fully saturated rings. The molecule has 1 amide bonds. The van der Waals surface area contributed by atoms with Crippen LogP contribution in [-0.2, 0) is 32.4 Å². The smallest absolute Gasteiger partial charge is 0.410 e. The van der Waals surface area contributed by atoms with Gasteiger partial charge in [0.2, 0.25) is 10.0 Å². The fourth-order valence-electron chi connectivity index (χ4n) is 4.77. The first-order chi connectivity index (χ1) is 19.4. The summed E-state index contributed by atoms with van der Waals surface area (Å²) in [6.45, 7) is 7.69. The van der Waals surface area contributed by atoms with Crippen molar-refractivity contribution in [2.75, 3.05) is 25.4 Å². The molecule has 2 aromatic carbocycles. The highest BCUT2D eigenvalue weighted by atomic mass is 32.2. The Balaban J connectivity index is 1.34. The molecule has 0 aromatic heterocycles. The van der Waals surface area contributed by atoms with Gasteiger partial charge < -0.3 is 19.5 Å². The number of carbonyl (C=O) groups excluding carboxylic acids is 1. The van der Waals surface area contributed by atoms with Crippen LogP contribution < -0.4 is 9.46 Å². The van der Waals surface area contributed by atoms with Gasteiger partial charge in [0.05, 0.1) is 12.4 Å². The molecule has 1 atom stereocenters. The lowest BCUT2D eigenvalue weighted by atomic mass is 9.92. The fraction of sp³-hybridized carbons (Fsp3) is 0.548. The van der Waals surface area contributed by atoms with Gasteiger partial charge in [-0.3, -0.25) is 4.79 Å². The quantitative estimate of drug-likeness (QED) is 0.297. The molecular weight excluding hydrogens is 544 g/mol. The molecule has 2 N–H and O–H groups in total. The Kier molecular flexibility index (Phi) is 12.0. The SMILES string of the molecule is CC(C)(C)OC(=O)N1CCC(CCCCOc2ccc(C[C@H](NS(=O)(=O)CCc3ccccc3)C(=O)O)cc2)CC1. The standard InChI is InChI=1S/C31H44N2O7S/c1-31(2,3)40-30(36)33-19-16-25(17-20-33)11-7-8-21-39-27-14-12-26(13-15-27)23-28(29(34)35)32-41(37,38)22-18-24-9-5-4-6-10-24/h4-6,9-10,12-15,25,28,32H,7-8,11,16-23H2,1-3H3,(H,34,35)/t28-/m0/s1. The molecule has 0 aliphatic carbocycles. The van der Waals surface area contributed by atoms with Gasteiger partial charge in [0.1, 0.15) is 17.4 Å². The summed E-state index contributed by atoms with van der Waals surface area (Å²) in [4.78, 5) is 25.8. The Bertz CT molecular complexity index is 1200. The van der Waals surface area contributed by atoms with E-state index in [1.165, 1.54) is 0 Å². The Morgan fingerprint density at radius 1 is 1.00 bits per heavy atom.